The molecule has 1 N–H and O–H groups in total. The molecule has 1 aliphatic rings. The van der Waals surface area contributed by atoms with E-state index in [-0.39, 0.29) is 6.61 Å². The molecule has 188 valence electrons. The molecule has 1 unspecified atom stereocenters. The average molecular weight is 497 g/mol. The topological polar surface area (TPSA) is 87.5 Å². The van der Waals surface area contributed by atoms with E-state index in [2.05, 4.69) is 34.5 Å². The second-order valence-electron chi connectivity index (χ2n) is 8.62. The number of hydrogen-bond acceptors (Lipinski definition) is 7. The third-order valence-electron chi connectivity index (χ3n) is 6.17. The third kappa shape index (κ3) is 4.91. The Bertz CT molecular complexity index is 1430. The van der Waals surface area contributed by atoms with Crippen LogP contribution in [0.1, 0.15) is 35.2 Å². The molecule has 0 saturated carbocycles. The molecule has 4 aromatic rings. The first-order valence-corrected chi connectivity index (χ1v) is 12.1. The number of ether oxygens (including phenoxy) is 3. The number of carbonyl (C=O) groups excluding carboxylic acids is 1. The van der Waals surface area contributed by atoms with Gasteiger partial charge >= 0.3 is 5.97 Å². The van der Waals surface area contributed by atoms with Crippen LogP contribution in [0.3, 0.4) is 0 Å². The summed E-state index contributed by atoms with van der Waals surface area (Å²) >= 11 is 0. The van der Waals surface area contributed by atoms with E-state index in [1.165, 1.54) is 11.9 Å². The Labute approximate surface area is 215 Å². The summed E-state index contributed by atoms with van der Waals surface area (Å²) < 4.78 is 18.9. The van der Waals surface area contributed by atoms with Crippen LogP contribution in [0.5, 0.6) is 11.5 Å². The van der Waals surface area contributed by atoms with Gasteiger partial charge in [0.2, 0.25) is 5.95 Å². The SMILES string of the molecule is CCOC(=O)C1=C(c2ccccc2)Nc2ncnn2C1c1ccc(OCc2ccc(C)cc2)c(OC)c1. The molecular formula is C29H28N4O4. The highest BCUT2D eigenvalue weighted by atomic mass is 16.5. The minimum absolute atomic E-state index is 0.246. The van der Waals surface area contributed by atoms with E-state index in [1.807, 2.05) is 60.7 Å². The van der Waals surface area contributed by atoms with Crippen LogP contribution in [0.25, 0.3) is 5.70 Å². The minimum Gasteiger partial charge on any atom is -0.493 e. The normalized spacial score (nSPS) is 14.5. The van der Waals surface area contributed by atoms with Crippen LogP contribution in [0.2, 0.25) is 0 Å². The van der Waals surface area contributed by atoms with Crippen LogP contribution in [0, 0.1) is 6.92 Å². The third-order valence-corrected chi connectivity index (χ3v) is 6.17. The van der Waals surface area contributed by atoms with E-state index in [0.29, 0.717) is 35.3 Å². The van der Waals surface area contributed by atoms with Gasteiger partial charge < -0.3 is 19.5 Å². The number of methoxy groups -OCH3 is 1. The summed E-state index contributed by atoms with van der Waals surface area (Å²) in [4.78, 5) is 17.7. The minimum atomic E-state index is -0.590. The zero-order valence-corrected chi connectivity index (χ0v) is 21.0. The van der Waals surface area contributed by atoms with Crippen molar-refractivity contribution in [3.63, 3.8) is 0 Å². The monoisotopic (exact) mass is 496 g/mol. The van der Waals surface area contributed by atoms with Crippen molar-refractivity contribution in [1.29, 1.82) is 0 Å². The number of esters is 1. The van der Waals surface area contributed by atoms with Crippen LogP contribution in [-0.2, 0) is 16.1 Å². The van der Waals surface area contributed by atoms with Gasteiger partial charge in [-0.1, -0.05) is 66.2 Å². The molecular weight excluding hydrogens is 468 g/mol. The first-order valence-electron chi connectivity index (χ1n) is 12.1. The summed E-state index contributed by atoms with van der Waals surface area (Å²) in [6, 6.07) is 22.9. The molecule has 1 aromatic heterocycles. The second-order valence-corrected chi connectivity index (χ2v) is 8.62. The number of aryl methyl sites for hydroxylation is 1. The summed E-state index contributed by atoms with van der Waals surface area (Å²) in [6.45, 7) is 4.49. The molecule has 5 rings (SSSR count). The van der Waals surface area contributed by atoms with Crippen molar-refractivity contribution in [3.8, 4) is 11.5 Å². The number of fused-ring (bicyclic) bond motifs is 1. The maximum absolute atomic E-state index is 13.4. The molecule has 0 saturated heterocycles. The molecule has 0 amide bonds. The predicted octanol–water partition coefficient (Wildman–Crippen LogP) is 5.16. The predicted molar refractivity (Wildman–Crippen MR) is 140 cm³/mol. The van der Waals surface area contributed by atoms with Gasteiger partial charge in [0.1, 0.15) is 19.0 Å². The fraction of sp³-hybridized carbons (Fsp3) is 0.207. The number of hydrogen-bond donors (Lipinski definition) is 1. The quantitative estimate of drug-likeness (QED) is 0.337. The second kappa shape index (κ2) is 10.6. The van der Waals surface area contributed by atoms with Crippen molar-refractivity contribution in [2.45, 2.75) is 26.5 Å². The van der Waals surface area contributed by atoms with Gasteiger partial charge in [-0.2, -0.15) is 10.1 Å². The highest BCUT2D eigenvalue weighted by Crippen LogP contribution is 2.41. The van der Waals surface area contributed by atoms with Gasteiger partial charge in [0.05, 0.1) is 25.0 Å². The molecule has 1 aliphatic heterocycles. The molecule has 0 spiro atoms. The standard InChI is InChI=1S/C29H28N4O4/c1-4-36-28(34)25-26(21-8-6-5-7-9-21)32-29-30-18-31-33(29)27(25)22-14-15-23(24(16-22)35-3)37-17-20-12-10-19(2)11-13-20/h5-16,18,27H,4,17H2,1-3H3,(H,30,31,32). The summed E-state index contributed by atoms with van der Waals surface area (Å²) in [6.07, 6.45) is 1.46. The molecule has 3 aromatic carbocycles. The summed E-state index contributed by atoms with van der Waals surface area (Å²) in [5, 5.41) is 7.70. The van der Waals surface area contributed by atoms with E-state index in [9.17, 15) is 4.79 Å². The number of rotatable bonds is 8. The smallest absolute Gasteiger partial charge is 0.338 e. The van der Waals surface area contributed by atoms with Crippen LogP contribution in [0.15, 0.2) is 84.7 Å². The lowest BCUT2D eigenvalue weighted by Crippen LogP contribution is -2.30. The molecule has 2 heterocycles. The Hall–Kier alpha value is -4.59. The Balaban J connectivity index is 1.56. The molecule has 1 atom stereocenters. The van der Waals surface area contributed by atoms with Crippen LogP contribution < -0.4 is 14.8 Å². The lowest BCUT2D eigenvalue weighted by Gasteiger charge is -2.30. The van der Waals surface area contributed by atoms with Gasteiger partial charge in [-0.15, -0.1) is 0 Å². The molecule has 0 fully saturated rings. The fourth-order valence-electron chi connectivity index (χ4n) is 4.35. The van der Waals surface area contributed by atoms with Gasteiger partial charge in [-0.3, -0.25) is 0 Å². The van der Waals surface area contributed by atoms with E-state index in [0.717, 1.165) is 16.7 Å². The number of nitrogens with one attached hydrogen (secondary N) is 1. The number of benzene rings is 3. The van der Waals surface area contributed by atoms with E-state index >= 15 is 0 Å². The van der Waals surface area contributed by atoms with E-state index in [1.54, 1.807) is 18.7 Å². The Morgan fingerprint density at radius 2 is 1.81 bits per heavy atom. The highest BCUT2D eigenvalue weighted by molar-refractivity contribution is 6.02. The van der Waals surface area contributed by atoms with Crippen molar-refractivity contribution in [2.75, 3.05) is 19.0 Å². The molecule has 0 radical (unpaired) electrons. The summed E-state index contributed by atoms with van der Waals surface area (Å²) in [7, 11) is 1.60. The van der Waals surface area contributed by atoms with Crippen molar-refractivity contribution in [1.82, 2.24) is 14.8 Å². The van der Waals surface area contributed by atoms with E-state index < -0.39 is 12.0 Å². The van der Waals surface area contributed by atoms with Gasteiger partial charge in [-0.05, 0) is 42.7 Å². The van der Waals surface area contributed by atoms with Gasteiger partial charge in [0.25, 0.3) is 0 Å². The maximum Gasteiger partial charge on any atom is 0.338 e. The van der Waals surface area contributed by atoms with Crippen LogP contribution in [0.4, 0.5) is 5.95 Å². The number of anilines is 1. The van der Waals surface area contributed by atoms with Gasteiger partial charge in [0, 0.05) is 0 Å². The maximum atomic E-state index is 13.4. The zero-order chi connectivity index (χ0) is 25.8. The summed E-state index contributed by atoms with van der Waals surface area (Å²) in [5.41, 5.74) is 4.94. The van der Waals surface area contributed by atoms with Crippen molar-refractivity contribution < 1.29 is 19.0 Å². The number of carbonyl (C=O) groups is 1. The Kier molecular flexibility index (Phi) is 6.89. The first-order chi connectivity index (χ1) is 18.1. The molecule has 37 heavy (non-hydrogen) atoms. The Morgan fingerprint density at radius 1 is 1.03 bits per heavy atom. The number of aromatic nitrogens is 3. The Morgan fingerprint density at radius 3 is 2.54 bits per heavy atom. The first kappa shape index (κ1) is 24.1. The van der Waals surface area contributed by atoms with Crippen LogP contribution in [-0.4, -0.2) is 34.5 Å². The summed E-state index contributed by atoms with van der Waals surface area (Å²) in [5.74, 6) is 1.24. The van der Waals surface area contributed by atoms with E-state index in [4.69, 9.17) is 14.2 Å². The fourth-order valence-corrected chi connectivity index (χ4v) is 4.35. The van der Waals surface area contributed by atoms with Crippen LogP contribution >= 0.6 is 0 Å². The largest absolute Gasteiger partial charge is 0.493 e. The molecule has 8 heteroatoms. The molecule has 8 nitrogen and oxygen atoms in total. The van der Waals surface area contributed by atoms with Crippen molar-refractivity contribution in [3.05, 3.63) is 107 Å². The molecule has 0 aliphatic carbocycles. The lowest BCUT2D eigenvalue weighted by atomic mass is 9.92. The van der Waals surface area contributed by atoms with Crippen molar-refractivity contribution in [2.24, 2.45) is 0 Å². The van der Waals surface area contributed by atoms with Gasteiger partial charge in [-0.25, -0.2) is 9.48 Å². The average Bonchev–Trinajstić information content (AvgIpc) is 3.41. The highest BCUT2D eigenvalue weighted by Gasteiger charge is 2.36. The molecule has 0 bridgehead atoms. The van der Waals surface area contributed by atoms with Crippen molar-refractivity contribution >= 4 is 17.6 Å². The van der Waals surface area contributed by atoms with Gasteiger partial charge in [0.15, 0.2) is 11.5 Å². The lowest BCUT2D eigenvalue weighted by molar-refractivity contribution is -0.138. The zero-order valence-electron chi connectivity index (χ0n) is 21.0. The number of nitrogens with zero attached hydrogens (tertiary/aromatic N) is 3.